The van der Waals surface area contributed by atoms with E-state index in [1.165, 1.54) is 0 Å². The molecular formula is C17H21N3O4. The molecule has 7 nitrogen and oxygen atoms in total. The van der Waals surface area contributed by atoms with E-state index in [9.17, 15) is 4.79 Å². The molecule has 0 N–H and O–H groups in total. The Morgan fingerprint density at radius 2 is 1.88 bits per heavy atom. The number of carbonyl (C=O) groups is 1. The van der Waals surface area contributed by atoms with Crippen molar-refractivity contribution in [1.82, 2.24) is 15.1 Å². The third-order valence-electron chi connectivity index (χ3n) is 3.76. The Labute approximate surface area is 140 Å². The van der Waals surface area contributed by atoms with Gasteiger partial charge in [-0.15, -0.1) is 10.2 Å². The van der Waals surface area contributed by atoms with Crippen LogP contribution in [0.5, 0.6) is 5.75 Å². The zero-order valence-electron chi connectivity index (χ0n) is 14.1. The highest BCUT2D eigenvalue weighted by Gasteiger charge is 2.25. The van der Waals surface area contributed by atoms with E-state index in [2.05, 4.69) is 10.2 Å². The number of morpholine rings is 1. The first-order valence-electron chi connectivity index (χ1n) is 7.98. The largest absolute Gasteiger partial charge is 0.484 e. The molecule has 1 fully saturated rings. The summed E-state index contributed by atoms with van der Waals surface area (Å²) in [6.07, 6.45) is 0.102. The summed E-state index contributed by atoms with van der Waals surface area (Å²) in [6.45, 7) is 6.89. The van der Waals surface area contributed by atoms with Crippen LogP contribution in [0.15, 0.2) is 28.7 Å². The fourth-order valence-electron chi connectivity index (χ4n) is 2.72. The van der Waals surface area contributed by atoms with Gasteiger partial charge >= 0.3 is 0 Å². The van der Waals surface area contributed by atoms with Gasteiger partial charge in [0.25, 0.3) is 5.91 Å². The van der Waals surface area contributed by atoms with Gasteiger partial charge in [0.2, 0.25) is 11.8 Å². The number of hydrogen-bond acceptors (Lipinski definition) is 6. The van der Waals surface area contributed by atoms with Gasteiger partial charge in [-0.25, -0.2) is 0 Å². The molecule has 0 saturated carbocycles. The first-order chi connectivity index (χ1) is 11.5. The molecule has 1 aromatic carbocycles. The smallest absolute Gasteiger partial charge is 0.260 e. The summed E-state index contributed by atoms with van der Waals surface area (Å²) in [7, 11) is 0. The predicted octanol–water partition coefficient (Wildman–Crippen LogP) is 2.06. The number of amides is 1. The van der Waals surface area contributed by atoms with Gasteiger partial charge in [0.1, 0.15) is 5.75 Å². The van der Waals surface area contributed by atoms with Crippen LogP contribution >= 0.6 is 0 Å². The SMILES string of the molecule is Cc1nnc(-c2ccc(OCC(=O)N3CC(C)OC(C)C3)cc2)o1. The molecular weight excluding hydrogens is 310 g/mol. The van der Waals surface area contributed by atoms with Crippen molar-refractivity contribution in [1.29, 1.82) is 0 Å². The van der Waals surface area contributed by atoms with Crippen LogP contribution in [0.25, 0.3) is 11.5 Å². The summed E-state index contributed by atoms with van der Waals surface area (Å²) in [6, 6.07) is 7.22. The van der Waals surface area contributed by atoms with Crippen molar-refractivity contribution in [3.05, 3.63) is 30.2 Å². The molecule has 2 unspecified atom stereocenters. The van der Waals surface area contributed by atoms with Crippen molar-refractivity contribution in [3.63, 3.8) is 0 Å². The van der Waals surface area contributed by atoms with E-state index in [1.807, 2.05) is 26.0 Å². The zero-order chi connectivity index (χ0) is 17.1. The zero-order valence-corrected chi connectivity index (χ0v) is 14.1. The number of rotatable bonds is 4. The number of carbonyl (C=O) groups excluding carboxylic acids is 1. The average molecular weight is 331 g/mol. The van der Waals surface area contributed by atoms with E-state index in [0.29, 0.717) is 30.6 Å². The van der Waals surface area contributed by atoms with Gasteiger partial charge in [-0.1, -0.05) is 0 Å². The molecule has 1 amide bonds. The summed E-state index contributed by atoms with van der Waals surface area (Å²) in [5, 5.41) is 7.77. The lowest BCUT2D eigenvalue weighted by atomic mass is 10.2. The van der Waals surface area contributed by atoms with E-state index in [0.717, 1.165) is 5.56 Å². The minimum Gasteiger partial charge on any atom is -0.484 e. The van der Waals surface area contributed by atoms with Crippen molar-refractivity contribution in [2.24, 2.45) is 0 Å². The first kappa shape index (κ1) is 16.4. The topological polar surface area (TPSA) is 77.7 Å². The van der Waals surface area contributed by atoms with E-state index in [1.54, 1.807) is 24.0 Å². The van der Waals surface area contributed by atoms with Gasteiger partial charge in [0, 0.05) is 25.6 Å². The van der Waals surface area contributed by atoms with Crippen molar-refractivity contribution in [2.45, 2.75) is 33.0 Å². The molecule has 1 aromatic heterocycles. The second kappa shape index (κ2) is 7.00. The monoisotopic (exact) mass is 331 g/mol. The van der Waals surface area contributed by atoms with Gasteiger partial charge in [0.15, 0.2) is 6.61 Å². The minimum atomic E-state index is -0.0337. The van der Waals surface area contributed by atoms with Crippen LogP contribution in [0.2, 0.25) is 0 Å². The number of ether oxygens (including phenoxy) is 2. The molecule has 0 spiro atoms. The Morgan fingerprint density at radius 1 is 1.21 bits per heavy atom. The third kappa shape index (κ3) is 3.91. The molecule has 128 valence electrons. The van der Waals surface area contributed by atoms with Crippen molar-refractivity contribution in [3.8, 4) is 17.2 Å². The van der Waals surface area contributed by atoms with Crippen molar-refractivity contribution < 1.29 is 18.7 Å². The second-order valence-corrected chi connectivity index (χ2v) is 6.00. The first-order valence-corrected chi connectivity index (χ1v) is 7.98. The van der Waals surface area contributed by atoms with E-state index in [4.69, 9.17) is 13.9 Å². The van der Waals surface area contributed by atoms with Crippen LogP contribution < -0.4 is 4.74 Å². The lowest BCUT2D eigenvalue weighted by Crippen LogP contribution is -2.49. The van der Waals surface area contributed by atoms with Crippen LogP contribution in [0.4, 0.5) is 0 Å². The standard InChI is InChI=1S/C17H21N3O4/c1-11-8-20(9-12(2)23-11)16(21)10-22-15-6-4-14(5-7-15)17-19-18-13(3)24-17/h4-7,11-12H,8-10H2,1-3H3. The predicted molar refractivity (Wildman–Crippen MR) is 86.6 cm³/mol. The molecule has 1 aliphatic heterocycles. The van der Waals surface area contributed by atoms with Gasteiger partial charge in [-0.3, -0.25) is 4.79 Å². The van der Waals surface area contributed by atoms with Crippen molar-refractivity contribution in [2.75, 3.05) is 19.7 Å². The van der Waals surface area contributed by atoms with Gasteiger partial charge in [-0.2, -0.15) is 0 Å². The van der Waals surface area contributed by atoms with Crippen LogP contribution in [0, 0.1) is 6.92 Å². The molecule has 1 saturated heterocycles. The fourth-order valence-corrected chi connectivity index (χ4v) is 2.72. The highest BCUT2D eigenvalue weighted by molar-refractivity contribution is 5.78. The maximum Gasteiger partial charge on any atom is 0.260 e. The Bertz CT molecular complexity index is 688. The summed E-state index contributed by atoms with van der Waals surface area (Å²) in [5.74, 6) is 1.57. The Hall–Kier alpha value is -2.41. The minimum absolute atomic E-state index is 0.0124. The van der Waals surface area contributed by atoms with Gasteiger partial charge in [0.05, 0.1) is 12.2 Å². The quantitative estimate of drug-likeness (QED) is 0.853. The van der Waals surface area contributed by atoms with Gasteiger partial charge < -0.3 is 18.8 Å². The van der Waals surface area contributed by atoms with E-state index < -0.39 is 0 Å². The number of aromatic nitrogens is 2. The average Bonchev–Trinajstić information content (AvgIpc) is 2.98. The summed E-state index contributed by atoms with van der Waals surface area (Å²) < 4.78 is 16.6. The van der Waals surface area contributed by atoms with E-state index >= 15 is 0 Å². The molecule has 2 aromatic rings. The number of benzene rings is 1. The summed E-state index contributed by atoms with van der Waals surface area (Å²) in [4.78, 5) is 14.1. The normalized spacial score (nSPS) is 20.9. The number of nitrogens with zero attached hydrogens (tertiary/aromatic N) is 3. The maximum absolute atomic E-state index is 12.3. The molecule has 3 rings (SSSR count). The summed E-state index contributed by atoms with van der Waals surface area (Å²) in [5.41, 5.74) is 0.810. The second-order valence-electron chi connectivity index (χ2n) is 6.00. The molecule has 24 heavy (non-hydrogen) atoms. The highest BCUT2D eigenvalue weighted by atomic mass is 16.5. The van der Waals surface area contributed by atoms with Crippen molar-refractivity contribution >= 4 is 5.91 Å². The number of aryl methyl sites for hydroxylation is 1. The molecule has 2 heterocycles. The van der Waals surface area contributed by atoms with Crippen LogP contribution in [0.3, 0.4) is 0 Å². The summed E-state index contributed by atoms with van der Waals surface area (Å²) >= 11 is 0. The molecule has 2 atom stereocenters. The van der Waals surface area contributed by atoms with Crippen LogP contribution in [0.1, 0.15) is 19.7 Å². The van der Waals surface area contributed by atoms with Crippen LogP contribution in [-0.2, 0) is 9.53 Å². The lowest BCUT2D eigenvalue weighted by Gasteiger charge is -2.35. The molecule has 0 radical (unpaired) electrons. The molecule has 1 aliphatic rings. The van der Waals surface area contributed by atoms with Gasteiger partial charge in [-0.05, 0) is 38.1 Å². The molecule has 0 bridgehead atoms. The van der Waals surface area contributed by atoms with Crippen LogP contribution in [-0.4, -0.2) is 52.9 Å². The Balaban J connectivity index is 1.55. The highest BCUT2D eigenvalue weighted by Crippen LogP contribution is 2.21. The van der Waals surface area contributed by atoms with E-state index in [-0.39, 0.29) is 24.7 Å². The number of hydrogen-bond donors (Lipinski definition) is 0. The third-order valence-corrected chi connectivity index (χ3v) is 3.76. The Morgan fingerprint density at radius 3 is 2.46 bits per heavy atom. The molecule has 7 heteroatoms. The Kier molecular flexibility index (Phi) is 4.80. The lowest BCUT2D eigenvalue weighted by molar-refractivity contribution is -0.145. The molecule has 0 aliphatic carbocycles. The fraction of sp³-hybridized carbons (Fsp3) is 0.471. The maximum atomic E-state index is 12.3.